The second kappa shape index (κ2) is 8.03. The van der Waals surface area contributed by atoms with Crippen molar-refractivity contribution in [2.75, 3.05) is 26.2 Å². The van der Waals surface area contributed by atoms with E-state index >= 15 is 0 Å². The van der Waals surface area contributed by atoms with Gasteiger partial charge < -0.3 is 4.42 Å². The molecule has 1 aliphatic heterocycles. The Hall–Kier alpha value is -2.50. The maximum atomic E-state index is 5.97. The fraction of sp³-hybridized carbons (Fsp3) is 0.364. The van der Waals surface area contributed by atoms with E-state index in [4.69, 9.17) is 4.42 Å². The predicted octanol–water partition coefficient (Wildman–Crippen LogP) is 3.92. The van der Waals surface area contributed by atoms with E-state index in [1.807, 2.05) is 12.1 Å². The predicted molar refractivity (Wildman–Crippen MR) is 106 cm³/mol. The number of rotatable bonds is 5. The minimum absolute atomic E-state index is 0.135. The average Bonchev–Trinajstić information content (AvgIpc) is 3.20. The van der Waals surface area contributed by atoms with Crippen LogP contribution >= 0.6 is 0 Å². The summed E-state index contributed by atoms with van der Waals surface area (Å²) in [5, 5.41) is 8.55. The SMILES string of the molecule is Cc1ccc(-c2nnc([C@H](C)N3CCN(Cc4ccccc4)CC3)o2)cc1. The smallest absolute Gasteiger partial charge is 0.247 e. The highest BCUT2D eigenvalue weighted by atomic mass is 16.4. The summed E-state index contributed by atoms with van der Waals surface area (Å²) in [4.78, 5) is 4.93. The van der Waals surface area contributed by atoms with Crippen molar-refractivity contribution >= 4 is 0 Å². The fourth-order valence-electron chi connectivity index (χ4n) is 3.52. The van der Waals surface area contributed by atoms with E-state index in [9.17, 15) is 0 Å². The monoisotopic (exact) mass is 362 g/mol. The molecule has 27 heavy (non-hydrogen) atoms. The van der Waals surface area contributed by atoms with Crippen molar-refractivity contribution in [2.45, 2.75) is 26.4 Å². The van der Waals surface area contributed by atoms with Crippen molar-refractivity contribution in [3.05, 3.63) is 71.6 Å². The van der Waals surface area contributed by atoms with Crippen LogP contribution in [0.4, 0.5) is 0 Å². The van der Waals surface area contributed by atoms with Crippen LogP contribution in [0.3, 0.4) is 0 Å². The molecule has 140 valence electrons. The lowest BCUT2D eigenvalue weighted by molar-refractivity contribution is 0.0876. The minimum atomic E-state index is 0.135. The molecule has 5 nitrogen and oxygen atoms in total. The molecule has 1 aliphatic rings. The van der Waals surface area contributed by atoms with Gasteiger partial charge in [0.05, 0.1) is 6.04 Å². The largest absolute Gasteiger partial charge is 0.419 e. The van der Waals surface area contributed by atoms with Gasteiger partial charge in [-0.3, -0.25) is 9.80 Å². The summed E-state index contributed by atoms with van der Waals surface area (Å²) in [6.07, 6.45) is 0. The third-order valence-corrected chi connectivity index (χ3v) is 5.30. The first-order valence-electron chi connectivity index (χ1n) is 9.60. The quantitative estimate of drug-likeness (QED) is 0.688. The van der Waals surface area contributed by atoms with Crippen LogP contribution < -0.4 is 0 Å². The standard InChI is InChI=1S/C22H26N4O/c1-17-8-10-20(11-9-17)22-24-23-21(27-22)18(2)26-14-12-25(13-15-26)16-19-6-4-3-5-7-19/h3-11,18H,12-16H2,1-2H3/t18-/m0/s1. The van der Waals surface area contributed by atoms with Gasteiger partial charge in [-0.25, -0.2) is 0 Å². The molecule has 0 N–H and O–H groups in total. The molecule has 0 spiro atoms. The topological polar surface area (TPSA) is 45.4 Å². The highest BCUT2D eigenvalue weighted by molar-refractivity contribution is 5.52. The van der Waals surface area contributed by atoms with Crippen molar-refractivity contribution < 1.29 is 4.42 Å². The maximum absolute atomic E-state index is 5.97. The van der Waals surface area contributed by atoms with E-state index < -0.39 is 0 Å². The lowest BCUT2D eigenvalue weighted by Crippen LogP contribution is -2.46. The third-order valence-electron chi connectivity index (χ3n) is 5.30. The van der Waals surface area contributed by atoms with E-state index in [1.54, 1.807) is 0 Å². The molecule has 0 bridgehead atoms. The Bertz CT molecular complexity index is 852. The van der Waals surface area contributed by atoms with Gasteiger partial charge in [0.2, 0.25) is 11.8 Å². The molecule has 1 saturated heterocycles. The molecule has 0 unspecified atom stereocenters. The van der Waals surface area contributed by atoms with Crippen molar-refractivity contribution in [2.24, 2.45) is 0 Å². The molecule has 0 amide bonds. The van der Waals surface area contributed by atoms with E-state index in [0.29, 0.717) is 11.8 Å². The Morgan fingerprint density at radius 2 is 1.63 bits per heavy atom. The molecule has 1 fully saturated rings. The lowest BCUT2D eigenvalue weighted by Gasteiger charge is -2.36. The van der Waals surface area contributed by atoms with Crippen molar-refractivity contribution in [1.82, 2.24) is 20.0 Å². The van der Waals surface area contributed by atoms with Crippen molar-refractivity contribution in [3.8, 4) is 11.5 Å². The van der Waals surface area contributed by atoms with Gasteiger partial charge in [0.1, 0.15) is 0 Å². The van der Waals surface area contributed by atoms with Crippen LogP contribution in [0.25, 0.3) is 11.5 Å². The van der Waals surface area contributed by atoms with Crippen LogP contribution in [-0.4, -0.2) is 46.2 Å². The minimum Gasteiger partial charge on any atom is -0.419 e. The summed E-state index contributed by atoms with van der Waals surface area (Å²) in [7, 11) is 0. The number of aromatic nitrogens is 2. The molecule has 5 heteroatoms. The maximum Gasteiger partial charge on any atom is 0.247 e. The van der Waals surface area contributed by atoms with Crippen molar-refractivity contribution in [3.63, 3.8) is 0 Å². The number of nitrogens with zero attached hydrogens (tertiary/aromatic N) is 4. The molecular formula is C22H26N4O. The van der Waals surface area contributed by atoms with Crippen LogP contribution in [0.5, 0.6) is 0 Å². The Balaban J connectivity index is 1.35. The van der Waals surface area contributed by atoms with Crippen LogP contribution in [0, 0.1) is 6.92 Å². The molecule has 1 atom stereocenters. The van der Waals surface area contributed by atoms with E-state index in [2.05, 4.69) is 76.3 Å². The molecule has 0 saturated carbocycles. The number of hydrogen-bond acceptors (Lipinski definition) is 5. The summed E-state index contributed by atoms with van der Waals surface area (Å²) in [6, 6.07) is 19.0. The summed E-state index contributed by atoms with van der Waals surface area (Å²) >= 11 is 0. The second-order valence-electron chi connectivity index (χ2n) is 7.29. The zero-order valence-electron chi connectivity index (χ0n) is 16.0. The Labute approximate surface area is 160 Å². The summed E-state index contributed by atoms with van der Waals surface area (Å²) in [5.74, 6) is 1.29. The van der Waals surface area contributed by atoms with E-state index in [0.717, 1.165) is 38.3 Å². The molecule has 4 rings (SSSR count). The molecular weight excluding hydrogens is 336 g/mol. The van der Waals surface area contributed by atoms with E-state index in [1.165, 1.54) is 11.1 Å². The van der Waals surface area contributed by atoms with Crippen LogP contribution in [0.15, 0.2) is 59.0 Å². The van der Waals surface area contributed by atoms with Gasteiger partial charge in [-0.1, -0.05) is 48.0 Å². The van der Waals surface area contributed by atoms with Crippen LogP contribution in [0.2, 0.25) is 0 Å². The number of hydrogen-bond donors (Lipinski definition) is 0. The Kier molecular flexibility index (Phi) is 5.32. The van der Waals surface area contributed by atoms with Gasteiger partial charge in [-0.2, -0.15) is 0 Å². The van der Waals surface area contributed by atoms with Gasteiger partial charge in [0, 0.05) is 38.3 Å². The molecule has 0 radical (unpaired) electrons. The summed E-state index contributed by atoms with van der Waals surface area (Å²) in [6.45, 7) is 9.37. The molecule has 3 aromatic rings. The third kappa shape index (κ3) is 4.26. The zero-order valence-corrected chi connectivity index (χ0v) is 16.0. The van der Waals surface area contributed by atoms with E-state index in [-0.39, 0.29) is 6.04 Å². The summed E-state index contributed by atoms with van der Waals surface area (Å²) < 4.78 is 5.97. The number of aryl methyl sites for hydroxylation is 1. The molecule has 0 aliphatic carbocycles. The first-order valence-corrected chi connectivity index (χ1v) is 9.60. The molecule has 2 heterocycles. The Morgan fingerprint density at radius 1 is 0.926 bits per heavy atom. The highest BCUT2D eigenvalue weighted by Gasteiger charge is 2.25. The van der Waals surface area contributed by atoms with Gasteiger partial charge in [-0.15, -0.1) is 10.2 Å². The second-order valence-corrected chi connectivity index (χ2v) is 7.29. The first-order chi connectivity index (χ1) is 13.2. The van der Waals surface area contributed by atoms with Gasteiger partial charge in [0.15, 0.2) is 0 Å². The van der Waals surface area contributed by atoms with Crippen molar-refractivity contribution in [1.29, 1.82) is 0 Å². The highest BCUT2D eigenvalue weighted by Crippen LogP contribution is 2.25. The molecule has 2 aromatic carbocycles. The van der Waals surface area contributed by atoms with Crippen LogP contribution in [-0.2, 0) is 6.54 Å². The van der Waals surface area contributed by atoms with Crippen LogP contribution in [0.1, 0.15) is 30.0 Å². The summed E-state index contributed by atoms with van der Waals surface area (Å²) in [5.41, 5.74) is 3.57. The van der Waals surface area contributed by atoms with Gasteiger partial charge in [-0.05, 0) is 31.5 Å². The zero-order chi connectivity index (χ0) is 18.6. The Morgan fingerprint density at radius 3 is 2.33 bits per heavy atom. The van der Waals surface area contributed by atoms with Gasteiger partial charge in [0.25, 0.3) is 0 Å². The lowest BCUT2D eigenvalue weighted by atomic mass is 10.1. The number of benzene rings is 2. The molecule has 1 aromatic heterocycles. The average molecular weight is 362 g/mol. The normalized spacial score (nSPS) is 17.1. The van der Waals surface area contributed by atoms with Gasteiger partial charge >= 0.3 is 0 Å². The number of piperazine rings is 1. The fourth-order valence-corrected chi connectivity index (χ4v) is 3.52. The first kappa shape index (κ1) is 17.9.